The van der Waals surface area contributed by atoms with Crippen LogP contribution >= 0.6 is 0 Å². The molecule has 3 N–H and O–H groups in total. The van der Waals surface area contributed by atoms with Crippen LogP contribution in [0, 0.1) is 0 Å². The fourth-order valence-electron chi connectivity index (χ4n) is 2.15. The van der Waals surface area contributed by atoms with Crippen molar-refractivity contribution in [2.75, 3.05) is 25.1 Å². The summed E-state index contributed by atoms with van der Waals surface area (Å²) in [5, 5.41) is 7.08. The van der Waals surface area contributed by atoms with Crippen molar-refractivity contribution in [3.05, 3.63) is 36.4 Å². The van der Waals surface area contributed by atoms with Gasteiger partial charge in [0.15, 0.2) is 13.2 Å². The van der Waals surface area contributed by atoms with Crippen LogP contribution < -0.4 is 20.7 Å². The predicted octanol–water partition coefficient (Wildman–Crippen LogP) is 0.505. The van der Waals surface area contributed by atoms with Crippen LogP contribution in [-0.2, 0) is 25.5 Å². The molecule has 0 aliphatic carbocycles. The number of urea groups is 1. The zero-order valence-corrected chi connectivity index (χ0v) is 14.0. The SMILES string of the molecule is C=CCNC(=O)NC(=O)COC(=O)COc1ccc2c(c1)CCC(=O)N2. The number of nitrogens with one attached hydrogen (secondary N) is 3. The van der Waals surface area contributed by atoms with E-state index in [2.05, 4.69) is 17.2 Å². The molecule has 0 fully saturated rings. The maximum Gasteiger partial charge on any atom is 0.344 e. The van der Waals surface area contributed by atoms with E-state index < -0.39 is 24.5 Å². The average Bonchev–Trinajstić information content (AvgIpc) is 2.62. The molecule has 0 aromatic heterocycles. The highest BCUT2D eigenvalue weighted by molar-refractivity contribution is 5.95. The molecule has 1 aromatic rings. The van der Waals surface area contributed by atoms with Crippen molar-refractivity contribution in [1.82, 2.24) is 10.6 Å². The summed E-state index contributed by atoms with van der Waals surface area (Å²) in [5.41, 5.74) is 1.64. The molecule has 4 amide bonds. The van der Waals surface area contributed by atoms with Gasteiger partial charge in [-0.05, 0) is 30.2 Å². The lowest BCUT2D eigenvalue weighted by atomic mass is 10.0. The van der Waals surface area contributed by atoms with E-state index >= 15 is 0 Å². The second-order valence-electron chi connectivity index (χ2n) is 5.36. The summed E-state index contributed by atoms with van der Waals surface area (Å²) in [6.45, 7) is 2.64. The Bertz CT molecular complexity index is 731. The van der Waals surface area contributed by atoms with Gasteiger partial charge in [0, 0.05) is 18.7 Å². The summed E-state index contributed by atoms with van der Waals surface area (Å²) >= 11 is 0. The summed E-state index contributed by atoms with van der Waals surface area (Å²) in [5.74, 6) is -1.10. The van der Waals surface area contributed by atoms with E-state index in [1.807, 2.05) is 5.32 Å². The van der Waals surface area contributed by atoms with Crippen LogP contribution in [0.15, 0.2) is 30.9 Å². The quantitative estimate of drug-likeness (QED) is 0.480. The summed E-state index contributed by atoms with van der Waals surface area (Å²) in [6.07, 6.45) is 2.45. The molecule has 0 saturated carbocycles. The average molecular weight is 361 g/mol. The number of fused-ring (bicyclic) bond motifs is 1. The molecular formula is C17H19N3O6. The Morgan fingerprint density at radius 3 is 2.81 bits per heavy atom. The molecule has 0 spiro atoms. The minimum Gasteiger partial charge on any atom is -0.482 e. The van der Waals surface area contributed by atoms with E-state index in [4.69, 9.17) is 9.47 Å². The molecule has 9 nitrogen and oxygen atoms in total. The van der Waals surface area contributed by atoms with Crippen LogP contribution in [0.3, 0.4) is 0 Å². The topological polar surface area (TPSA) is 123 Å². The zero-order valence-electron chi connectivity index (χ0n) is 14.0. The van der Waals surface area contributed by atoms with Crippen molar-refractivity contribution in [1.29, 1.82) is 0 Å². The van der Waals surface area contributed by atoms with E-state index in [0.717, 1.165) is 11.3 Å². The molecule has 138 valence electrons. The first-order chi connectivity index (χ1) is 12.5. The Labute approximate surface area is 149 Å². The fraction of sp³-hybridized carbons (Fsp3) is 0.294. The highest BCUT2D eigenvalue weighted by atomic mass is 16.6. The van der Waals surface area contributed by atoms with Crippen molar-refractivity contribution in [3.63, 3.8) is 0 Å². The van der Waals surface area contributed by atoms with Gasteiger partial charge in [0.25, 0.3) is 5.91 Å². The number of carbonyl (C=O) groups excluding carboxylic acids is 4. The zero-order chi connectivity index (χ0) is 18.9. The highest BCUT2D eigenvalue weighted by Crippen LogP contribution is 2.26. The van der Waals surface area contributed by atoms with Crippen molar-refractivity contribution in [3.8, 4) is 5.75 Å². The van der Waals surface area contributed by atoms with Gasteiger partial charge in [0.1, 0.15) is 5.75 Å². The monoisotopic (exact) mass is 361 g/mol. The smallest absolute Gasteiger partial charge is 0.344 e. The molecule has 0 bridgehead atoms. The van der Waals surface area contributed by atoms with Gasteiger partial charge in [-0.1, -0.05) is 6.08 Å². The number of hydrogen-bond donors (Lipinski definition) is 3. The molecule has 0 atom stereocenters. The summed E-state index contributed by atoms with van der Waals surface area (Å²) in [6, 6.07) is 4.35. The second kappa shape index (κ2) is 9.21. The number of hydrogen-bond acceptors (Lipinski definition) is 6. The lowest BCUT2D eigenvalue weighted by molar-refractivity contribution is -0.150. The van der Waals surface area contributed by atoms with Crippen LogP contribution in [0.4, 0.5) is 10.5 Å². The van der Waals surface area contributed by atoms with Gasteiger partial charge in [-0.25, -0.2) is 9.59 Å². The maximum atomic E-state index is 11.6. The molecular weight excluding hydrogens is 342 g/mol. The standard InChI is InChI=1S/C17H19N3O6/c1-2-7-18-17(24)20-15(22)9-26-16(23)10-25-12-4-5-13-11(8-12)3-6-14(21)19-13/h2,4-5,8H,1,3,6-7,9-10H2,(H,19,21)(H2,18,20,22,24). The number of amides is 4. The minimum absolute atomic E-state index is 0.0359. The van der Waals surface area contributed by atoms with E-state index in [0.29, 0.717) is 18.6 Å². The number of imide groups is 1. The molecule has 1 aliphatic heterocycles. The molecule has 0 unspecified atom stereocenters. The van der Waals surface area contributed by atoms with Crippen LogP contribution in [0.25, 0.3) is 0 Å². The van der Waals surface area contributed by atoms with Crippen LogP contribution in [-0.4, -0.2) is 43.6 Å². The van der Waals surface area contributed by atoms with Gasteiger partial charge in [-0.2, -0.15) is 0 Å². The number of esters is 1. The van der Waals surface area contributed by atoms with Gasteiger partial charge in [0.05, 0.1) is 0 Å². The lowest BCUT2D eigenvalue weighted by Gasteiger charge is -2.17. The normalized spacial score (nSPS) is 12.2. The maximum absolute atomic E-state index is 11.6. The third kappa shape index (κ3) is 5.93. The Balaban J connectivity index is 1.72. The van der Waals surface area contributed by atoms with Crippen LogP contribution in [0.1, 0.15) is 12.0 Å². The molecule has 0 radical (unpaired) electrons. The predicted molar refractivity (Wildman–Crippen MR) is 91.6 cm³/mol. The molecule has 0 saturated heterocycles. The van der Waals surface area contributed by atoms with Gasteiger partial charge < -0.3 is 20.1 Å². The van der Waals surface area contributed by atoms with E-state index in [1.165, 1.54) is 6.08 Å². The first-order valence-corrected chi connectivity index (χ1v) is 7.87. The first kappa shape index (κ1) is 19.0. The number of carbonyl (C=O) groups is 4. The largest absolute Gasteiger partial charge is 0.482 e. The van der Waals surface area contributed by atoms with Crippen molar-refractivity contribution < 1.29 is 28.7 Å². The van der Waals surface area contributed by atoms with Gasteiger partial charge in [-0.15, -0.1) is 6.58 Å². The van der Waals surface area contributed by atoms with E-state index in [1.54, 1.807) is 18.2 Å². The van der Waals surface area contributed by atoms with Gasteiger partial charge in [-0.3, -0.25) is 14.9 Å². The number of benzene rings is 1. The Morgan fingerprint density at radius 1 is 1.23 bits per heavy atom. The molecule has 2 rings (SSSR count). The van der Waals surface area contributed by atoms with Gasteiger partial charge in [0.2, 0.25) is 5.91 Å². The number of ether oxygens (including phenoxy) is 2. The molecule has 1 aromatic carbocycles. The Kier molecular flexibility index (Phi) is 6.72. The van der Waals surface area contributed by atoms with Crippen molar-refractivity contribution in [2.24, 2.45) is 0 Å². The second-order valence-corrected chi connectivity index (χ2v) is 5.36. The van der Waals surface area contributed by atoms with Crippen molar-refractivity contribution >= 4 is 29.5 Å². The summed E-state index contributed by atoms with van der Waals surface area (Å²) < 4.78 is 10.0. The lowest BCUT2D eigenvalue weighted by Crippen LogP contribution is -2.41. The molecule has 26 heavy (non-hydrogen) atoms. The summed E-state index contributed by atoms with van der Waals surface area (Å²) in [4.78, 5) is 45.6. The number of aryl methyl sites for hydroxylation is 1. The van der Waals surface area contributed by atoms with E-state index in [9.17, 15) is 19.2 Å². The highest BCUT2D eigenvalue weighted by Gasteiger charge is 2.16. The van der Waals surface area contributed by atoms with Crippen LogP contribution in [0.2, 0.25) is 0 Å². The fourth-order valence-corrected chi connectivity index (χ4v) is 2.15. The first-order valence-electron chi connectivity index (χ1n) is 7.87. The molecule has 9 heteroatoms. The molecule has 1 heterocycles. The third-order valence-corrected chi connectivity index (χ3v) is 3.35. The number of rotatable bonds is 7. The minimum atomic E-state index is -0.760. The summed E-state index contributed by atoms with van der Waals surface area (Å²) in [7, 11) is 0. The number of anilines is 1. The third-order valence-electron chi connectivity index (χ3n) is 3.35. The van der Waals surface area contributed by atoms with Gasteiger partial charge >= 0.3 is 12.0 Å². The Hall–Kier alpha value is -3.36. The molecule has 1 aliphatic rings. The van der Waals surface area contributed by atoms with Crippen LogP contribution in [0.5, 0.6) is 5.75 Å². The Morgan fingerprint density at radius 2 is 2.04 bits per heavy atom. The van der Waals surface area contributed by atoms with Crippen molar-refractivity contribution in [2.45, 2.75) is 12.8 Å². The van der Waals surface area contributed by atoms with E-state index in [-0.39, 0.29) is 19.1 Å².